The Morgan fingerprint density at radius 3 is 1.73 bits per heavy atom. The maximum absolute atomic E-state index is 6.53. The van der Waals surface area contributed by atoms with E-state index in [9.17, 15) is 0 Å². The van der Waals surface area contributed by atoms with Crippen molar-refractivity contribution in [3.05, 3.63) is 158 Å². The summed E-state index contributed by atoms with van der Waals surface area (Å²) >= 11 is 0. The van der Waals surface area contributed by atoms with Crippen LogP contribution in [0.1, 0.15) is 0 Å². The Balaban J connectivity index is 1.26. The summed E-state index contributed by atoms with van der Waals surface area (Å²) in [4.78, 5) is 10.6. The summed E-state index contributed by atoms with van der Waals surface area (Å²) < 4.78 is 6.53. The lowest BCUT2D eigenvalue weighted by molar-refractivity contribution is 0.669. The van der Waals surface area contributed by atoms with E-state index < -0.39 is 0 Å². The number of aromatic nitrogens is 2. The molecule has 0 atom stereocenters. The second-order valence-corrected chi connectivity index (χ2v) is 12.9. The van der Waals surface area contributed by atoms with Crippen molar-refractivity contribution in [1.82, 2.24) is 9.97 Å². The average Bonchev–Trinajstić information content (AvgIpc) is 3.57. The molecule has 0 N–H and O–H groups in total. The van der Waals surface area contributed by atoms with Crippen LogP contribution in [0, 0.1) is 0 Å². The van der Waals surface area contributed by atoms with Gasteiger partial charge in [-0.2, -0.15) is 0 Å². The lowest BCUT2D eigenvalue weighted by Crippen LogP contribution is -1.96. The Labute approximate surface area is 280 Å². The lowest BCUT2D eigenvalue weighted by atomic mass is 9.90. The molecule has 0 spiro atoms. The first-order chi connectivity index (χ1) is 24.3. The molecule has 0 bridgehead atoms. The molecule has 2 aromatic heterocycles. The van der Waals surface area contributed by atoms with E-state index >= 15 is 0 Å². The van der Waals surface area contributed by atoms with Crippen LogP contribution in [0.2, 0.25) is 0 Å². The molecule has 0 aliphatic heterocycles. The van der Waals surface area contributed by atoms with Gasteiger partial charge in [-0.3, -0.25) is 0 Å². The van der Waals surface area contributed by atoms with E-state index in [1.165, 1.54) is 48.5 Å². The van der Waals surface area contributed by atoms with Gasteiger partial charge < -0.3 is 4.42 Å². The van der Waals surface area contributed by atoms with Gasteiger partial charge in [0, 0.05) is 32.7 Å². The molecular formula is C46H26N2O. The number of hydrogen-bond acceptors (Lipinski definition) is 3. The Kier molecular flexibility index (Phi) is 5.38. The van der Waals surface area contributed by atoms with Gasteiger partial charge in [-0.1, -0.05) is 127 Å². The monoisotopic (exact) mass is 622 g/mol. The minimum absolute atomic E-state index is 0.714. The molecule has 11 aromatic rings. The summed E-state index contributed by atoms with van der Waals surface area (Å²) in [6.45, 7) is 0. The predicted octanol–water partition coefficient (Wildman–Crippen LogP) is 12.6. The molecule has 0 aliphatic rings. The minimum atomic E-state index is 0.714. The zero-order chi connectivity index (χ0) is 32.1. The Hall–Kier alpha value is -6.58. The molecular weight excluding hydrogens is 597 g/mol. The maximum atomic E-state index is 6.53. The zero-order valence-corrected chi connectivity index (χ0v) is 26.3. The third-order valence-corrected chi connectivity index (χ3v) is 10.2. The number of furan rings is 1. The van der Waals surface area contributed by atoms with Crippen molar-refractivity contribution >= 4 is 86.7 Å². The number of hydrogen-bond donors (Lipinski definition) is 0. The SMILES string of the molecule is c1ccc(-c2nc(-c3ccc4c(c3)c3ccccc3c3ccc5oc6ccc7ccccc7c6c5c34)nc3ccc4ccccc4c23)cc1. The summed E-state index contributed by atoms with van der Waals surface area (Å²) in [5.74, 6) is 0.714. The fraction of sp³-hybridized carbons (Fsp3) is 0. The Bertz CT molecular complexity index is 3160. The van der Waals surface area contributed by atoms with Gasteiger partial charge in [-0.25, -0.2) is 9.97 Å². The van der Waals surface area contributed by atoms with Crippen LogP contribution < -0.4 is 0 Å². The lowest BCUT2D eigenvalue weighted by Gasteiger charge is -2.14. The van der Waals surface area contributed by atoms with Gasteiger partial charge in [0.2, 0.25) is 0 Å². The first-order valence-corrected chi connectivity index (χ1v) is 16.7. The normalized spacial score (nSPS) is 12.1. The summed E-state index contributed by atoms with van der Waals surface area (Å²) in [6.07, 6.45) is 0. The third kappa shape index (κ3) is 3.78. The van der Waals surface area contributed by atoms with Gasteiger partial charge in [0.25, 0.3) is 0 Å². The molecule has 49 heavy (non-hydrogen) atoms. The van der Waals surface area contributed by atoms with Crippen molar-refractivity contribution in [1.29, 1.82) is 0 Å². The number of fused-ring (bicyclic) bond motifs is 15. The average molecular weight is 623 g/mol. The van der Waals surface area contributed by atoms with Crippen molar-refractivity contribution < 1.29 is 4.42 Å². The van der Waals surface area contributed by atoms with E-state index in [1.807, 2.05) is 6.07 Å². The minimum Gasteiger partial charge on any atom is -0.456 e. The molecule has 2 heterocycles. The molecule has 0 saturated heterocycles. The highest BCUT2D eigenvalue weighted by atomic mass is 16.3. The van der Waals surface area contributed by atoms with Crippen LogP contribution in [0.15, 0.2) is 162 Å². The van der Waals surface area contributed by atoms with Gasteiger partial charge in [0.15, 0.2) is 5.82 Å². The molecule has 0 fully saturated rings. The fourth-order valence-electron chi connectivity index (χ4n) is 8.05. The van der Waals surface area contributed by atoms with Crippen LogP contribution in [-0.2, 0) is 0 Å². The summed E-state index contributed by atoms with van der Waals surface area (Å²) in [5, 5.41) is 15.4. The van der Waals surface area contributed by atoms with Gasteiger partial charge >= 0.3 is 0 Å². The van der Waals surface area contributed by atoms with Crippen molar-refractivity contribution in [2.75, 3.05) is 0 Å². The highest BCUT2D eigenvalue weighted by Gasteiger charge is 2.19. The summed E-state index contributed by atoms with van der Waals surface area (Å²) in [7, 11) is 0. The quantitative estimate of drug-likeness (QED) is 0.180. The van der Waals surface area contributed by atoms with Crippen molar-refractivity contribution in [3.8, 4) is 22.6 Å². The molecule has 0 radical (unpaired) electrons. The maximum Gasteiger partial charge on any atom is 0.160 e. The second kappa shape index (κ2) is 9.96. The standard InChI is InChI=1S/C46H26N2O/c1-2-12-29(13-3-1)45-42-31-14-6-4-10-27(31)19-23-38(42)47-46(48-45)30-18-21-36-37(26-30)34-17-9-8-16-33(34)35-22-25-40-44(41(35)36)43-32-15-7-5-11-28(32)20-24-39(43)49-40/h1-26H. The van der Waals surface area contributed by atoms with Crippen LogP contribution >= 0.6 is 0 Å². The largest absolute Gasteiger partial charge is 0.456 e. The molecule has 0 aliphatic carbocycles. The van der Waals surface area contributed by atoms with Gasteiger partial charge in [0.1, 0.15) is 11.2 Å². The molecule has 9 aromatic carbocycles. The number of benzene rings is 9. The Morgan fingerprint density at radius 1 is 0.347 bits per heavy atom. The van der Waals surface area contributed by atoms with Crippen molar-refractivity contribution in [2.45, 2.75) is 0 Å². The van der Waals surface area contributed by atoms with Crippen LogP contribution in [-0.4, -0.2) is 9.97 Å². The first kappa shape index (κ1) is 26.5. The molecule has 0 saturated carbocycles. The summed E-state index contributed by atoms with van der Waals surface area (Å²) in [5.41, 5.74) is 5.75. The topological polar surface area (TPSA) is 38.9 Å². The van der Waals surface area contributed by atoms with Crippen LogP contribution in [0.25, 0.3) is 109 Å². The highest BCUT2D eigenvalue weighted by molar-refractivity contribution is 6.37. The smallest absolute Gasteiger partial charge is 0.160 e. The van der Waals surface area contributed by atoms with Crippen molar-refractivity contribution in [3.63, 3.8) is 0 Å². The fourth-order valence-corrected chi connectivity index (χ4v) is 8.05. The van der Waals surface area contributed by atoms with Crippen molar-refractivity contribution in [2.24, 2.45) is 0 Å². The van der Waals surface area contributed by atoms with E-state index in [0.29, 0.717) is 5.82 Å². The number of rotatable bonds is 2. The van der Waals surface area contributed by atoms with E-state index in [1.54, 1.807) is 0 Å². The number of nitrogens with zero attached hydrogens (tertiary/aromatic N) is 2. The molecule has 11 rings (SSSR count). The van der Waals surface area contributed by atoms with Crippen LogP contribution in [0.3, 0.4) is 0 Å². The first-order valence-electron chi connectivity index (χ1n) is 16.7. The van der Waals surface area contributed by atoms with E-state index in [4.69, 9.17) is 14.4 Å². The van der Waals surface area contributed by atoms with Gasteiger partial charge in [0.05, 0.1) is 11.2 Å². The summed E-state index contributed by atoms with van der Waals surface area (Å²) in [6, 6.07) is 55.9. The molecule has 0 amide bonds. The van der Waals surface area contributed by atoms with Gasteiger partial charge in [-0.15, -0.1) is 0 Å². The van der Waals surface area contributed by atoms with E-state index in [2.05, 4.69) is 152 Å². The molecule has 226 valence electrons. The third-order valence-electron chi connectivity index (χ3n) is 10.2. The molecule has 0 unspecified atom stereocenters. The van der Waals surface area contributed by atoms with Crippen LogP contribution in [0.4, 0.5) is 0 Å². The highest BCUT2D eigenvalue weighted by Crippen LogP contribution is 2.45. The van der Waals surface area contributed by atoms with E-state index in [0.717, 1.165) is 55.0 Å². The second-order valence-electron chi connectivity index (χ2n) is 12.9. The predicted molar refractivity (Wildman–Crippen MR) is 205 cm³/mol. The molecule has 3 heteroatoms. The van der Waals surface area contributed by atoms with Crippen LogP contribution in [0.5, 0.6) is 0 Å². The Morgan fingerprint density at radius 2 is 0.939 bits per heavy atom. The zero-order valence-electron chi connectivity index (χ0n) is 26.3. The van der Waals surface area contributed by atoms with Gasteiger partial charge in [-0.05, 0) is 78.8 Å². The molecule has 3 nitrogen and oxygen atoms in total. The van der Waals surface area contributed by atoms with E-state index in [-0.39, 0.29) is 0 Å².